The number of nitrogens with zero attached hydrogens (tertiary/aromatic N) is 1. The fourth-order valence-electron chi connectivity index (χ4n) is 3.57. The molecule has 0 spiro atoms. The van der Waals surface area contributed by atoms with E-state index in [1.807, 2.05) is 0 Å². The first-order valence-electron chi connectivity index (χ1n) is 8.45. The highest BCUT2D eigenvalue weighted by Crippen LogP contribution is 2.37. The van der Waals surface area contributed by atoms with E-state index >= 15 is 0 Å². The Hall–Kier alpha value is -2.10. The number of carbonyl (C=O) groups excluding carboxylic acids is 1. The minimum atomic E-state index is -3.65. The number of ether oxygens (including phenoxy) is 3. The van der Waals surface area contributed by atoms with Gasteiger partial charge in [-0.1, -0.05) is 6.58 Å². The second kappa shape index (κ2) is 6.57. The van der Waals surface area contributed by atoms with Gasteiger partial charge < -0.3 is 19.5 Å². The smallest absolute Gasteiger partial charge is 0.245 e. The zero-order chi connectivity index (χ0) is 18.3. The summed E-state index contributed by atoms with van der Waals surface area (Å²) in [4.78, 5) is 11.6. The number of amides is 1. The Morgan fingerprint density at radius 2 is 2.00 bits per heavy atom. The van der Waals surface area contributed by atoms with E-state index in [9.17, 15) is 13.2 Å². The summed E-state index contributed by atoms with van der Waals surface area (Å²) in [5, 5.41) is 2.70. The van der Waals surface area contributed by atoms with Gasteiger partial charge in [-0.15, -0.1) is 0 Å². The summed E-state index contributed by atoms with van der Waals surface area (Å²) in [7, 11) is -3.65. The zero-order valence-corrected chi connectivity index (χ0v) is 14.9. The quantitative estimate of drug-likeness (QED) is 0.765. The Balaban J connectivity index is 1.46. The highest BCUT2D eigenvalue weighted by molar-refractivity contribution is 7.89. The lowest BCUT2D eigenvalue weighted by molar-refractivity contribution is -0.120. The van der Waals surface area contributed by atoms with Crippen LogP contribution >= 0.6 is 0 Å². The number of hydrogen-bond donors (Lipinski definition) is 1. The second-order valence-electron chi connectivity index (χ2n) is 6.50. The first-order valence-corrected chi connectivity index (χ1v) is 9.89. The average Bonchev–Trinajstić information content (AvgIpc) is 3.20. The molecule has 8 nitrogen and oxygen atoms in total. The standard InChI is InChI=1S/C17H20N2O6S/c1-2-16(20)18-17-7-11-9-19(10-15(11)25-17)26(21,22)12-3-4-13-14(8-12)24-6-5-23-13/h2-4,8,11,15,17H,1,5-7,9-10H2,(H,18,20). The van der Waals surface area contributed by atoms with E-state index < -0.39 is 16.3 Å². The number of benzene rings is 1. The molecule has 0 aromatic heterocycles. The van der Waals surface area contributed by atoms with E-state index in [0.717, 1.165) is 0 Å². The normalized spacial score (nSPS) is 27.8. The minimum Gasteiger partial charge on any atom is -0.486 e. The van der Waals surface area contributed by atoms with Crippen molar-refractivity contribution in [2.45, 2.75) is 23.6 Å². The maximum absolute atomic E-state index is 12.9. The molecular formula is C17H20N2O6S. The summed E-state index contributed by atoms with van der Waals surface area (Å²) < 4.78 is 44.0. The van der Waals surface area contributed by atoms with Gasteiger partial charge in [0.2, 0.25) is 15.9 Å². The first kappa shape index (κ1) is 17.3. The minimum absolute atomic E-state index is 0.0529. The molecule has 3 aliphatic rings. The van der Waals surface area contributed by atoms with Crippen molar-refractivity contribution < 1.29 is 27.4 Å². The fraction of sp³-hybridized carbons (Fsp3) is 0.471. The molecule has 1 aromatic rings. The van der Waals surface area contributed by atoms with E-state index in [4.69, 9.17) is 14.2 Å². The lowest BCUT2D eigenvalue weighted by atomic mass is 10.1. The number of hydrogen-bond acceptors (Lipinski definition) is 6. The first-order chi connectivity index (χ1) is 12.5. The van der Waals surface area contributed by atoms with Crippen LogP contribution in [-0.4, -0.2) is 57.3 Å². The molecule has 0 bridgehead atoms. The van der Waals surface area contributed by atoms with Gasteiger partial charge in [0.05, 0.1) is 11.0 Å². The molecule has 140 valence electrons. The number of sulfonamides is 1. The molecule has 1 amide bonds. The van der Waals surface area contributed by atoms with Gasteiger partial charge in [0, 0.05) is 25.1 Å². The van der Waals surface area contributed by atoms with Crippen molar-refractivity contribution in [3.63, 3.8) is 0 Å². The van der Waals surface area contributed by atoms with Crippen molar-refractivity contribution in [3.05, 3.63) is 30.9 Å². The fourth-order valence-corrected chi connectivity index (χ4v) is 5.09. The summed E-state index contributed by atoms with van der Waals surface area (Å²) in [6.45, 7) is 4.89. The lowest BCUT2D eigenvalue weighted by Gasteiger charge is -2.22. The van der Waals surface area contributed by atoms with E-state index in [-0.39, 0.29) is 29.4 Å². The summed E-state index contributed by atoms with van der Waals surface area (Å²) in [6.07, 6.45) is 1.15. The largest absolute Gasteiger partial charge is 0.486 e. The maximum atomic E-state index is 12.9. The molecule has 0 saturated carbocycles. The van der Waals surface area contributed by atoms with Gasteiger partial charge in [-0.3, -0.25) is 4.79 Å². The molecular weight excluding hydrogens is 360 g/mol. The van der Waals surface area contributed by atoms with Crippen LogP contribution in [0.15, 0.2) is 35.7 Å². The van der Waals surface area contributed by atoms with Crippen LogP contribution in [-0.2, 0) is 19.6 Å². The number of nitrogens with one attached hydrogen (secondary N) is 1. The monoisotopic (exact) mass is 380 g/mol. The van der Waals surface area contributed by atoms with Crippen molar-refractivity contribution in [1.82, 2.24) is 9.62 Å². The van der Waals surface area contributed by atoms with E-state index in [0.29, 0.717) is 37.7 Å². The average molecular weight is 380 g/mol. The van der Waals surface area contributed by atoms with Crippen molar-refractivity contribution in [2.75, 3.05) is 26.3 Å². The predicted molar refractivity (Wildman–Crippen MR) is 91.3 cm³/mol. The van der Waals surface area contributed by atoms with Crippen molar-refractivity contribution >= 4 is 15.9 Å². The third kappa shape index (κ3) is 3.06. The van der Waals surface area contributed by atoms with E-state index in [2.05, 4.69) is 11.9 Å². The SMILES string of the molecule is C=CC(=O)NC1CC2CN(S(=O)(=O)c3ccc4c(c3)OCCO4)CC2O1. The third-order valence-electron chi connectivity index (χ3n) is 4.84. The zero-order valence-electron chi connectivity index (χ0n) is 14.1. The summed E-state index contributed by atoms with van der Waals surface area (Å²) >= 11 is 0. The number of rotatable bonds is 4. The highest BCUT2D eigenvalue weighted by atomic mass is 32.2. The van der Waals surface area contributed by atoms with Gasteiger partial charge in [-0.2, -0.15) is 4.31 Å². The topological polar surface area (TPSA) is 94.2 Å². The molecule has 3 aliphatic heterocycles. The molecule has 9 heteroatoms. The van der Waals surface area contributed by atoms with Crippen LogP contribution in [0.1, 0.15) is 6.42 Å². The van der Waals surface area contributed by atoms with Crippen LogP contribution in [0.4, 0.5) is 0 Å². The van der Waals surface area contributed by atoms with Crippen molar-refractivity contribution in [2.24, 2.45) is 5.92 Å². The molecule has 4 rings (SSSR count). The van der Waals surface area contributed by atoms with Crippen LogP contribution in [0, 0.1) is 5.92 Å². The number of carbonyl (C=O) groups is 1. The van der Waals surface area contributed by atoms with Crippen molar-refractivity contribution in [1.29, 1.82) is 0 Å². The second-order valence-corrected chi connectivity index (χ2v) is 8.44. The van der Waals surface area contributed by atoms with Crippen molar-refractivity contribution in [3.8, 4) is 11.5 Å². The van der Waals surface area contributed by atoms with Crippen LogP contribution in [0.3, 0.4) is 0 Å². The van der Waals surface area contributed by atoms with E-state index in [1.165, 1.54) is 22.5 Å². The molecule has 2 fully saturated rings. The van der Waals surface area contributed by atoms with Crippen LogP contribution in [0.2, 0.25) is 0 Å². The Kier molecular flexibility index (Phi) is 4.37. The third-order valence-corrected chi connectivity index (χ3v) is 6.67. The van der Waals surface area contributed by atoms with Crippen LogP contribution in [0.25, 0.3) is 0 Å². The van der Waals surface area contributed by atoms with Crippen LogP contribution in [0.5, 0.6) is 11.5 Å². The highest BCUT2D eigenvalue weighted by Gasteiger charge is 2.46. The maximum Gasteiger partial charge on any atom is 0.245 e. The molecule has 0 radical (unpaired) electrons. The summed E-state index contributed by atoms with van der Waals surface area (Å²) in [6, 6.07) is 4.66. The van der Waals surface area contributed by atoms with E-state index in [1.54, 1.807) is 6.07 Å². The summed E-state index contributed by atoms with van der Waals surface area (Å²) in [5.41, 5.74) is 0. The Labute approximate surface area is 151 Å². The predicted octanol–water partition coefficient (Wildman–Crippen LogP) is 0.496. The molecule has 26 heavy (non-hydrogen) atoms. The molecule has 3 atom stereocenters. The lowest BCUT2D eigenvalue weighted by Crippen LogP contribution is -2.37. The van der Waals surface area contributed by atoms with Gasteiger partial charge in [0.15, 0.2) is 11.5 Å². The molecule has 2 saturated heterocycles. The van der Waals surface area contributed by atoms with Gasteiger partial charge in [-0.05, 0) is 24.6 Å². The Morgan fingerprint density at radius 1 is 1.23 bits per heavy atom. The summed E-state index contributed by atoms with van der Waals surface area (Å²) in [5.74, 6) is 0.755. The molecule has 1 aromatic carbocycles. The molecule has 3 heterocycles. The Bertz CT molecular complexity index is 826. The molecule has 1 N–H and O–H groups in total. The van der Waals surface area contributed by atoms with Gasteiger partial charge in [0.25, 0.3) is 0 Å². The number of fused-ring (bicyclic) bond motifs is 2. The molecule has 0 aliphatic carbocycles. The molecule has 3 unspecified atom stereocenters. The van der Waals surface area contributed by atoms with Gasteiger partial charge >= 0.3 is 0 Å². The van der Waals surface area contributed by atoms with Gasteiger partial charge in [-0.25, -0.2) is 8.42 Å². The Morgan fingerprint density at radius 3 is 2.73 bits per heavy atom. The van der Waals surface area contributed by atoms with Gasteiger partial charge in [0.1, 0.15) is 19.4 Å². The van der Waals surface area contributed by atoms with Crippen LogP contribution < -0.4 is 14.8 Å².